The van der Waals surface area contributed by atoms with E-state index in [0.29, 0.717) is 11.4 Å². The molecule has 0 aliphatic carbocycles. The molecule has 3 rings (SSSR count). The number of carbonyl (C=O) groups excluding carboxylic acids is 1. The van der Waals surface area contributed by atoms with Crippen molar-refractivity contribution in [3.63, 3.8) is 0 Å². The standard InChI is InChI=1S/C13H15N7O2/c1-7-6-19(3)18-10(7)11(21)14-13-16-15-12(22-13)9-5-8(2)17-20(9)4/h5-6H,1-4H3,(H,14,16,21). The zero-order chi connectivity index (χ0) is 15.9. The second-order valence-corrected chi connectivity index (χ2v) is 5.00. The van der Waals surface area contributed by atoms with Crippen LogP contribution in [0, 0.1) is 13.8 Å². The Labute approximate surface area is 125 Å². The van der Waals surface area contributed by atoms with Gasteiger partial charge in [0.2, 0.25) is 0 Å². The zero-order valence-electron chi connectivity index (χ0n) is 12.7. The van der Waals surface area contributed by atoms with Crippen molar-refractivity contribution >= 4 is 11.9 Å². The fraction of sp³-hybridized carbons (Fsp3) is 0.308. The molecule has 0 fully saturated rings. The Morgan fingerprint density at radius 2 is 2.00 bits per heavy atom. The molecule has 0 saturated heterocycles. The third-order valence-electron chi connectivity index (χ3n) is 3.09. The van der Waals surface area contributed by atoms with Crippen molar-refractivity contribution in [2.24, 2.45) is 14.1 Å². The third-order valence-corrected chi connectivity index (χ3v) is 3.09. The number of amides is 1. The molecule has 0 bridgehead atoms. The summed E-state index contributed by atoms with van der Waals surface area (Å²) in [4.78, 5) is 12.1. The summed E-state index contributed by atoms with van der Waals surface area (Å²) >= 11 is 0. The fourth-order valence-corrected chi connectivity index (χ4v) is 2.18. The van der Waals surface area contributed by atoms with E-state index in [1.54, 1.807) is 36.6 Å². The Kier molecular flexibility index (Phi) is 3.24. The molecule has 0 saturated carbocycles. The fourth-order valence-electron chi connectivity index (χ4n) is 2.18. The number of nitrogens with zero attached hydrogens (tertiary/aromatic N) is 6. The van der Waals surface area contributed by atoms with Crippen LogP contribution in [-0.4, -0.2) is 35.7 Å². The van der Waals surface area contributed by atoms with E-state index in [1.807, 2.05) is 13.0 Å². The molecule has 9 nitrogen and oxygen atoms in total. The van der Waals surface area contributed by atoms with Crippen molar-refractivity contribution in [3.8, 4) is 11.6 Å². The minimum Gasteiger partial charge on any atom is -0.401 e. The van der Waals surface area contributed by atoms with Gasteiger partial charge in [0.15, 0.2) is 5.69 Å². The second-order valence-electron chi connectivity index (χ2n) is 5.00. The molecule has 0 aromatic carbocycles. The number of aryl methyl sites for hydroxylation is 4. The maximum atomic E-state index is 12.1. The van der Waals surface area contributed by atoms with E-state index in [4.69, 9.17) is 4.42 Å². The van der Waals surface area contributed by atoms with Crippen LogP contribution in [0.1, 0.15) is 21.7 Å². The van der Waals surface area contributed by atoms with Crippen LogP contribution in [0.3, 0.4) is 0 Å². The number of carbonyl (C=O) groups is 1. The van der Waals surface area contributed by atoms with Crippen molar-refractivity contribution in [2.45, 2.75) is 13.8 Å². The lowest BCUT2D eigenvalue weighted by atomic mass is 10.3. The summed E-state index contributed by atoms with van der Waals surface area (Å²) in [6, 6.07) is 1.84. The quantitative estimate of drug-likeness (QED) is 0.776. The van der Waals surface area contributed by atoms with Gasteiger partial charge in [-0.1, -0.05) is 5.10 Å². The largest absolute Gasteiger partial charge is 0.401 e. The molecule has 114 valence electrons. The molecule has 1 N–H and O–H groups in total. The highest BCUT2D eigenvalue weighted by atomic mass is 16.4. The van der Waals surface area contributed by atoms with Gasteiger partial charge in [-0.25, -0.2) is 0 Å². The first kappa shape index (κ1) is 14.0. The Morgan fingerprint density at radius 3 is 2.59 bits per heavy atom. The summed E-state index contributed by atoms with van der Waals surface area (Å²) < 4.78 is 8.66. The van der Waals surface area contributed by atoms with Gasteiger partial charge in [-0.2, -0.15) is 10.2 Å². The lowest BCUT2D eigenvalue weighted by Gasteiger charge is -1.98. The SMILES string of the molecule is Cc1cc(-c2nnc(NC(=O)c3nn(C)cc3C)o2)n(C)n1. The molecular formula is C13H15N7O2. The van der Waals surface area contributed by atoms with Crippen LogP contribution in [0.25, 0.3) is 11.6 Å². The first-order chi connectivity index (χ1) is 10.4. The van der Waals surface area contributed by atoms with Crippen molar-refractivity contribution in [1.29, 1.82) is 0 Å². The van der Waals surface area contributed by atoms with Gasteiger partial charge in [0.05, 0.1) is 5.69 Å². The van der Waals surface area contributed by atoms with Crippen LogP contribution in [0.4, 0.5) is 6.01 Å². The number of aromatic nitrogens is 6. The Bertz CT molecular complexity index is 843. The Hall–Kier alpha value is -2.97. The highest BCUT2D eigenvalue weighted by Gasteiger charge is 2.18. The van der Waals surface area contributed by atoms with Crippen LogP contribution in [0.5, 0.6) is 0 Å². The molecule has 22 heavy (non-hydrogen) atoms. The van der Waals surface area contributed by atoms with Gasteiger partial charge in [-0.05, 0) is 19.9 Å². The van der Waals surface area contributed by atoms with E-state index < -0.39 is 5.91 Å². The smallest absolute Gasteiger partial charge is 0.322 e. The van der Waals surface area contributed by atoms with Gasteiger partial charge in [0, 0.05) is 25.9 Å². The Morgan fingerprint density at radius 1 is 1.23 bits per heavy atom. The van der Waals surface area contributed by atoms with Gasteiger partial charge < -0.3 is 4.42 Å². The maximum Gasteiger partial charge on any atom is 0.322 e. The topological polar surface area (TPSA) is 104 Å². The summed E-state index contributed by atoms with van der Waals surface area (Å²) in [6.07, 6.45) is 1.76. The molecule has 0 unspecified atom stereocenters. The van der Waals surface area contributed by atoms with E-state index in [2.05, 4.69) is 25.7 Å². The molecule has 0 spiro atoms. The summed E-state index contributed by atoms with van der Waals surface area (Å²) in [5, 5.41) is 18.6. The average molecular weight is 301 g/mol. The monoisotopic (exact) mass is 301 g/mol. The lowest BCUT2D eigenvalue weighted by Crippen LogP contribution is -2.14. The zero-order valence-corrected chi connectivity index (χ0v) is 12.7. The molecule has 3 heterocycles. The summed E-state index contributed by atoms with van der Waals surface area (Å²) in [7, 11) is 3.53. The molecule has 0 aliphatic rings. The van der Waals surface area contributed by atoms with Crippen LogP contribution in [0.15, 0.2) is 16.7 Å². The van der Waals surface area contributed by atoms with Gasteiger partial charge in [-0.3, -0.25) is 19.5 Å². The van der Waals surface area contributed by atoms with E-state index in [-0.39, 0.29) is 11.9 Å². The van der Waals surface area contributed by atoms with E-state index in [9.17, 15) is 4.79 Å². The number of anilines is 1. The molecule has 0 atom stereocenters. The highest BCUT2D eigenvalue weighted by Crippen LogP contribution is 2.20. The predicted molar refractivity (Wildman–Crippen MR) is 77.1 cm³/mol. The number of nitrogens with one attached hydrogen (secondary N) is 1. The molecule has 0 aliphatic heterocycles. The van der Waals surface area contributed by atoms with E-state index >= 15 is 0 Å². The average Bonchev–Trinajstić information content (AvgIpc) is 3.10. The maximum absolute atomic E-state index is 12.1. The number of rotatable bonds is 3. The normalized spacial score (nSPS) is 10.9. The number of hydrogen-bond donors (Lipinski definition) is 1. The van der Waals surface area contributed by atoms with Gasteiger partial charge in [0.25, 0.3) is 11.8 Å². The molecule has 3 aromatic rings. The summed E-state index contributed by atoms with van der Waals surface area (Å²) in [5.74, 6) is -0.106. The van der Waals surface area contributed by atoms with Crippen molar-refractivity contribution in [2.75, 3.05) is 5.32 Å². The van der Waals surface area contributed by atoms with Crippen molar-refractivity contribution in [3.05, 3.63) is 29.2 Å². The van der Waals surface area contributed by atoms with Gasteiger partial charge in [-0.15, -0.1) is 5.10 Å². The van der Waals surface area contributed by atoms with Crippen LogP contribution in [-0.2, 0) is 14.1 Å². The van der Waals surface area contributed by atoms with Gasteiger partial charge >= 0.3 is 6.01 Å². The molecule has 3 aromatic heterocycles. The summed E-state index contributed by atoms with van der Waals surface area (Å²) in [6.45, 7) is 3.67. The van der Waals surface area contributed by atoms with E-state index in [1.165, 1.54) is 0 Å². The van der Waals surface area contributed by atoms with E-state index in [0.717, 1.165) is 11.3 Å². The van der Waals surface area contributed by atoms with Crippen molar-refractivity contribution < 1.29 is 9.21 Å². The lowest BCUT2D eigenvalue weighted by molar-refractivity contribution is 0.101. The third kappa shape index (κ3) is 2.48. The van der Waals surface area contributed by atoms with Gasteiger partial charge in [0.1, 0.15) is 5.69 Å². The Balaban J connectivity index is 1.81. The number of hydrogen-bond acceptors (Lipinski definition) is 6. The predicted octanol–water partition coefficient (Wildman–Crippen LogP) is 1.07. The molecule has 1 amide bonds. The first-order valence-corrected chi connectivity index (χ1v) is 6.60. The van der Waals surface area contributed by atoms with Crippen LogP contribution in [0.2, 0.25) is 0 Å². The highest BCUT2D eigenvalue weighted by molar-refractivity contribution is 6.02. The molecule has 0 radical (unpaired) electrons. The minimum atomic E-state index is -0.394. The molecule has 9 heteroatoms. The minimum absolute atomic E-state index is 0.0175. The second kappa shape index (κ2) is 5.10. The van der Waals surface area contributed by atoms with Crippen molar-refractivity contribution in [1.82, 2.24) is 29.8 Å². The summed E-state index contributed by atoms with van der Waals surface area (Å²) in [5.41, 5.74) is 2.60. The molecular weight excluding hydrogens is 286 g/mol. The van der Waals surface area contributed by atoms with Crippen LogP contribution >= 0.6 is 0 Å². The first-order valence-electron chi connectivity index (χ1n) is 6.60. The van der Waals surface area contributed by atoms with Crippen LogP contribution < -0.4 is 5.32 Å².